The van der Waals surface area contributed by atoms with Gasteiger partial charge in [-0.3, -0.25) is 4.79 Å². The fraction of sp³-hybridized carbons (Fsp3) is 0.391. The zero-order valence-corrected chi connectivity index (χ0v) is 17.4. The number of methoxy groups -OCH3 is 1. The first kappa shape index (κ1) is 25.2. The molecular weight excluding hydrogens is 386 g/mol. The summed E-state index contributed by atoms with van der Waals surface area (Å²) in [5.74, 6) is -1.19. The van der Waals surface area contributed by atoms with Crippen LogP contribution in [0, 0.1) is 5.41 Å². The van der Waals surface area contributed by atoms with Crippen LogP contribution in [0.15, 0.2) is 53.5 Å². The first-order valence-corrected chi connectivity index (χ1v) is 9.57. The van der Waals surface area contributed by atoms with Crippen molar-refractivity contribution in [3.8, 4) is 0 Å². The Bertz CT molecular complexity index is 807. The molecule has 0 fully saturated rings. The number of rotatable bonds is 10. The molecule has 0 saturated heterocycles. The summed E-state index contributed by atoms with van der Waals surface area (Å²) in [6.07, 6.45) is 4.52. The second kappa shape index (κ2) is 13.4. The van der Waals surface area contributed by atoms with Crippen LogP contribution in [-0.4, -0.2) is 54.3 Å². The van der Waals surface area contributed by atoms with Crippen LogP contribution in [0.3, 0.4) is 0 Å². The van der Waals surface area contributed by atoms with Gasteiger partial charge in [0.2, 0.25) is 6.08 Å². The molecule has 2 aromatic carbocycles. The molecule has 0 aliphatic rings. The van der Waals surface area contributed by atoms with Gasteiger partial charge in [-0.15, -0.1) is 0 Å². The third kappa shape index (κ3) is 8.68. The second-order valence-corrected chi connectivity index (χ2v) is 7.14. The van der Waals surface area contributed by atoms with E-state index in [1.54, 1.807) is 13.2 Å². The number of aliphatic imine (C=N–C) groups is 1. The molecule has 0 aromatic heterocycles. The summed E-state index contributed by atoms with van der Waals surface area (Å²) in [4.78, 5) is 23.9. The molecule has 0 spiro atoms. The predicted molar refractivity (Wildman–Crippen MR) is 114 cm³/mol. The number of isocyanates is 1. The Balaban J connectivity index is 0.000000424. The highest BCUT2D eigenvalue weighted by molar-refractivity contribution is 5.74. The Kier molecular flexibility index (Phi) is 11.3. The highest BCUT2D eigenvalue weighted by Crippen LogP contribution is 2.16. The lowest BCUT2D eigenvalue weighted by atomic mass is 9.94. The number of carbonyl (C=O) groups excluding carboxylic acids is 1. The van der Waals surface area contributed by atoms with E-state index in [1.165, 1.54) is 23.6 Å². The number of hydrogen-bond acceptors (Lipinski definition) is 6. The molecule has 0 amide bonds. The highest BCUT2D eigenvalue weighted by Gasteiger charge is 2.31. The fourth-order valence-corrected chi connectivity index (χ4v) is 2.41. The largest absolute Gasteiger partial charge is 0.481 e. The maximum Gasteiger partial charge on any atom is 0.314 e. The van der Waals surface area contributed by atoms with Crippen LogP contribution in [0.2, 0.25) is 0 Å². The minimum Gasteiger partial charge on any atom is -0.481 e. The molecule has 7 nitrogen and oxygen atoms in total. The minimum atomic E-state index is -1.39. The van der Waals surface area contributed by atoms with Crippen molar-refractivity contribution in [2.45, 2.75) is 26.2 Å². The lowest BCUT2D eigenvalue weighted by molar-refractivity contribution is -0.152. The number of nitrogens with zero attached hydrogens (tertiary/aromatic N) is 1. The minimum absolute atomic E-state index is 0.543. The topological polar surface area (TPSA) is 116 Å². The summed E-state index contributed by atoms with van der Waals surface area (Å²) in [5, 5.41) is 25.1. The van der Waals surface area contributed by atoms with Crippen molar-refractivity contribution in [2.24, 2.45) is 10.4 Å². The van der Waals surface area contributed by atoms with Crippen LogP contribution < -0.4 is 0 Å². The average Bonchev–Trinajstić information content (AvgIpc) is 2.76. The average molecular weight is 415 g/mol. The quantitative estimate of drug-likeness (QED) is 0.312. The van der Waals surface area contributed by atoms with E-state index < -0.39 is 24.6 Å². The predicted octanol–water partition coefficient (Wildman–Crippen LogP) is 2.89. The van der Waals surface area contributed by atoms with Gasteiger partial charge in [0.05, 0.1) is 18.9 Å². The molecule has 7 heteroatoms. The molecule has 0 aliphatic heterocycles. The summed E-state index contributed by atoms with van der Waals surface area (Å²) in [6, 6.07) is 16.3. The van der Waals surface area contributed by atoms with Gasteiger partial charge in [0.1, 0.15) is 5.41 Å². The van der Waals surface area contributed by atoms with E-state index in [1.807, 2.05) is 24.3 Å². The van der Waals surface area contributed by atoms with Gasteiger partial charge in [0.25, 0.3) is 0 Å². The molecule has 2 aromatic rings. The van der Waals surface area contributed by atoms with Crippen molar-refractivity contribution in [2.75, 3.05) is 26.9 Å². The van der Waals surface area contributed by atoms with Crippen LogP contribution in [0.4, 0.5) is 5.69 Å². The SMILES string of the molecule is CC(CO)(CO)C(=O)O.COCCCc1ccc(Cc2ccc(N=C=O)cc2)cc1. The molecule has 0 heterocycles. The third-order valence-electron chi connectivity index (χ3n) is 4.57. The number of aliphatic hydroxyl groups excluding tert-OH is 2. The Morgan fingerprint density at radius 1 is 1.00 bits per heavy atom. The number of aliphatic carboxylic acids is 1. The number of benzene rings is 2. The van der Waals surface area contributed by atoms with Gasteiger partial charge in [-0.05, 0) is 55.0 Å². The summed E-state index contributed by atoms with van der Waals surface area (Å²) in [6.45, 7) is 0.990. The lowest BCUT2D eigenvalue weighted by Crippen LogP contribution is -2.35. The first-order chi connectivity index (χ1) is 14.4. The molecule has 0 saturated carbocycles. The van der Waals surface area contributed by atoms with Gasteiger partial charge in [0, 0.05) is 13.7 Å². The van der Waals surface area contributed by atoms with E-state index in [0.717, 1.165) is 25.9 Å². The van der Waals surface area contributed by atoms with Crippen LogP contribution in [-0.2, 0) is 27.2 Å². The summed E-state index contributed by atoms with van der Waals surface area (Å²) in [5.41, 5.74) is 3.07. The zero-order valence-electron chi connectivity index (χ0n) is 17.4. The number of aliphatic hydroxyl groups is 2. The van der Waals surface area contributed by atoms with Crippen molar-refractivity contribution in [1.82, 2.24) is 0 Å². The van der Waals surface area contributed by atoms with Crippen LogP contribution in [0.25, 0.3) is 0 Å². The molecule has 0 atom stereocenters. The van der Waals surface area contributed by atoms with Gasteiger partial charge in [-0.1, -0.05) is 36.4 Å². The van der Waals surface area contributed by atoms with Gasteiger partial charge in [-0.25, -0.2) is 4.79 Å². The summed E-state index contributed by atoms with van der Waals surface area (Å²) >= 11 is 0. The second-order valence-electron chi connectivity index (χ2n) is 7.14. The number of hydrogen-bond donors (Lipinski definition) is 3. The van der Waals surface area contributed by atoms with Gasteiger partial charge >= 0.3 is 5.97 Å². The Labute approximate surface area is 176 Å². The summed E-state index contributed by atoms with van der Waals surface area (Å²) < 4.78 is 5.06. The van der Waals surface area contributed by atoms with Crippen molar-refractivity contribution in [3.05, 3.63) is 65.2 Å². The monoisotopic (exact) mass is 415 g/mol. The van der Waals surface area contributed by atoms with Crippen molar-refractivity contribution >= 4 is 17.7 Å². The maximum absolute atomic E-state index is 10.2. The lowest BCUT2D eigenvalue weighted by Gasteiger charge is -2.17. The molecular formula is C23H29NO6. The van der Waals surface area contributed by atoms with E-state index >= 15 is 0 Å². The van der Waals surface area contributed by atoms with Crippen molar-refractivity contribution in [3.63, 3.8) is 0 Å². The third-order valence-corrected chi connectivity index (χ3v) is 4.57. The highest BCUT2D eigenvalue weighted by atomic mass is 16.5. The van der Waals surface area contributed by atoms with Gasteiger partial charge in [-0.2, -0.15) is 4.99 Å². The number of aryl methyl sites for hydroxylation is 1. The first-order valence-electron chi connectivity index (χ1n) is 9.57. The maximum atomic E-state index is 10.2. The van der Waals surface area contributed by atoms with Gasteiger partial charge in [0.15, 0.2) is 0 Å². The summed E-state index contributed by atoms with van der Waals surface area (Å²) in [7, 11) is 1.73. The van der Waals surface area contributed by atoms with Crippen LogP contribution in [0.5, 0.6) is 0 Å². The Hall–Kier alpha value is -2.83. The fourth-order valence-electron chi connectivity index (χ4n) is 2.41. The molecule has 0 aliphatic carbocycles. The molecule has 0 bridgehead atoms. The molecule has 30 heavy (non-hydrogen) atoms. The zero-order chi connectivity index (χ0) is 22.4. The number of carboxylic acids is 1. The van der Waals surface area contributed by atoms with E-state index in [4.69, 9.17) is 20.1 Å². The van der Waals surface area contributed by atoms with E-state index in [9.17, 15) is 9.59 Å². The van der Waals surface area contributed by atoms with Crippen molar-refractivity contribution < 1.29 is 29.6 Å². The molecule has 3 N–H and O–H groups in total. The molecule has 0 radical (unpaired) electrons. The van der Waals surface area contributed by atoms with E-state index in [2.05, 4.69) is 29.3 Å². The molecule has 2 rings (SSSR count). The number of carboxylic acid groups (broad SMARTS) is 1. The molecule has 162 valence electrons. The Morgan fingerprint density at radius 3 is 1.90 bits per heavy atom. The number of ether oxygens (including phenoxy) is 1. The van der Waals surface area contributed by atoms with Crippen molar-refractivity contribution in [1.29, 1.82) is 0 Å². The van der Waals surface area contributed by atoms with Crippen LogP contribution >= 0.6 is 0 Å². The van der Waals surface area contributed by atoms with E-state index in [-0.39, 0.29) is 0 Å². The van der Waals surface area contributed by atoms with E-state index in [0.29, 0.717) is 5.69 Å². The molecule has 0 unspecified atom stereocenters. The standard InChI is InChI=1S/C18H19NO2.C5H10O4/c1-21-12-2-3-15-4-6-16(7-5-15)13-17-8-10-18(11-9-17)19-14-20;1-5(2-6,3-7)4(8)9/h4-11H,2-3,12-13H2,1H3;6-7H,2-3H2,1H3,(H,8,9). The van der Waals surface area contributed by atoms with Gasteiger partial charge < -0.3 is 20.1 Å². The van der Waals surface area contributed by atoms with Crippen LogP contribution in [0.1, 0.15) is 30.0 Å². The normalized spacial score (nSPS) is 10.5. The Morgan fingerprint density at radius 2 is 1.50 bits per heavy atom. The smallest absolute Gasteiger partial charge is 0.314 e. The number of carbonyl (C=O) groups is 1.